The number of aromatic nitrogens is 2. The van der Waals surface area contributed by atoms with Gasteiger partial charge >= 0.3 is 0 Å². The highest BCUT2D eigenvalue weighted by Gasteiger charge is 2.29. The van der Waals surface area contributed by atoms with E-state index in [0.29, 0.717) is 5.75 Å². The Morgan fingerprint density at radius 3 is 2.96 bits per heavy atom. The summed E-state index contributed by atoms with van der Waals surface area (Å²) in [7, 11) is 0. The molecular weight excluding hydrogens is 378 g/mol. The number of hydrogen-bond acceptors (Lipinski definition) is 6. The zero-order valence-electron chi connectivity index (χ0n) is 14.9. The minimum Gasteiger partial charge on any atom is -0.355 e. The molecule has 140 valence electrons. The third kappa shape index (κ3) is 4.42. The third-order valence-electron chi connectivity index (χ3n) is 4.72. The summed E-state index contributed by atoms with van der Waals surface area (Å²) in [6.07, 6.45) is 7.73. The first kappa shape index (κ1) is 18.3. The summed E-state index contributed by atoms with van der Waals surface area (Å²) in [4.78, 5) is 21.1. The van der Waals surface area contributed by atoms with E-state index in [1.54, 1.807) is 35.5 Å². The maximum absolute atomic E-state index is 13.0. The Balaban J connectivity index is 1.50. The highest BCUT2D eigenvalue weighted by atomic mass is 32.2. The molecule has 4 heterocycles. The number of likely N-dealkylation sites (tertiary alicyclic amines) is 1. The van der Waals surface area contributed by atoms with Gasteiger partial charge in [-0.2, -0.15) is 0 Å². The van der Waals surface area contributed by atoms with Crippen molar-refractivity contribution in [1.82, 2.24) is 15.0 Å². The van der Waals surface area contributed by atoms with E-state index in [1.165, 1.54) is 0 Å². The van der Waals surface area contributed by atoms with Crippen LogP contribution in [0.5, 0.6) is 0 Å². The number of thioether (sulfide) groups is 1. The van der Waals surface area contributed by atoms with Crippen LogP contribution in [0, 0.1) is 0 Å². The predicted molar refractivity (Wildman–Crippen MR) is 108 cm³/mol. The minimum atomic E-state index is -0.00416. The molecule has 3 aromatic rings. The molecule has 3 aromatic heterocycles. The molecule has 1 atom stereocenters. The first-order chi connectivity index (χ1) is 13.3. The van der Waals surface area contributed by atoms with Crippen LogP contribution in [0.25, 0.3) is 10.6 Å². The highest BCUT2D eigenvalue weighted by Crippen LogP contribution is 2.34. The summed E-state index contributed by atoms with van der Waals surface area (Å²) in [5.74, 6) is 1.36. The first-order valence-electron chi connectivity index (χ1n) is 9.14. The Hall–Kier alpha value is -2.12. The van der Waals surface area contributed by atoms with Crippen molar-refractivity contribution in [2.45, 2.75) is 36.6 Å². The topological polar surface area (TPSA) is 59.2 Å². The Morgan fingerprint density at radius 2 is 2.15 bits per heavy atom. The number of pyridine rings is 1. The van der Waals surface area contributed by atoms with Gasteiger partial charge in [0.15, 0.2) is 5.76 Å². The number of amides is 1. The Kier molecular flexibility index (Phi) is 5.89. The van der Waals surface area contributed by atoms with Crippen molar-refractivity contribution < 1.29 is 9.32 Å². The number of carbonyl (C=O) groups is 1. The van der Waals surface area contributed by atoms with Crippen molar-refractivity contribution in [3.8, 4) is 10.6 Å². The molecule has 4 rings (SSSR count). The van der Waals surface area contributed by atoms with Crippen LogP contribution in [0.4, 0.5) is 0 Å². The molecule has 0 saturated carbocycles. The van der Waals surface area contributed by atoms with Gasteiger partial charge < -0.3 is 9.42 Å². The number of thiophene rings is 1. The lowest BCUT2D eigenvalue weighted by atomic mass is 10.1. The summed E-state index contributed by atoms with van der Waals surface area (Å²) < 4.78 is 5.57. The van der Waals surface area contributed by atoms with Gasteiger partial charge in [-0.3, -0.25) is 9.78 Å². The quantitative estimate of drug-likeness (QED) is 0.563. The molecule has 0 aromatic carbocycles. The monoisotopic (exact) mass is 399 g/mol. The zero-order chi connectivity index (χ0) is 18.5. The van der Waals surface area contributed by atoms with Crippen LogP contribution in [-0.4, -0.2) is 33.2 Å². The molecule has 0 spiro atoms. The van der Waals surface area contributed by atoms with Gasteiger partial charge in [0.25, 0.3) is 0 Å². The lowest BCUT2D eigenvalue weighted by molar-refractivity contribution is -0.130. The minimum absolute atomic E-state index is 0.00416. The molecule has 0 unspecified atom stereocenters. The molecule has 7 heteroatoms. The normalized spacial score (nSPS) is 17.6. The van der Waals surface area contributed by atoms with Gasteiger partial charge in [0.2, 0.25) is 5.91 Å². The van der Waals surface area contributed by atoms with E-state index in [-0.39, 0.29) is 11.9 Å². The third-order valence-corrected chi connectivity index (χ3v) is 6.60. The van der Waals surface area contributed by atoms with Crippen LogP contribution in [0.15, 0.2) is 57.5 Å². The summed E-state index contributed by atoms with van der Waals surface area (Å²) in [5, 5.41) is 6.33. The van der Waals surface area contributed by atoms with Gasteiger partial charge in [0, 0.05) is 29.9 Å². The van der Waals surface area contributed by atoms with Crippen molar-refractivity contribution in [1.29, 1.82) is 0 Å². The smallest absolute Gasteiger partial charge is 0.233 e. The van der Waals surface area contributed by atoms with Crippen molar-refractivity contribution in [3.63, 3.8) is 0 Å². The molecule has 5 nitrogen and oxygen atoms in total. The van der Waals surface area contributed by atoms with E-state index in [1.807, 2.05) is 40.6 Å². The van der Waals surface area contributed by atoms with E-state index < -0.39 is 0 Å². The largest absolute Gasteiger partial charge is 0.355 e. The Labute approximate surface area is 166 Å². The number of carbonyl (C=O) groups excluding carboxylic acids is 1. The summed E-state index contributed by atoms with van der Waals surface area (Å²) >= 11 is 3.19. The molecule has 1 aliphatic heterocycles. The second-order valence-electron chi connectivity index (χ2n) is 6.52. The van der Waals surface area contributed by atoms with Gasteiger partial charge in [0.05, 0.1) is 16.7 Å². The van der Waals surface area contributed by atoms with E-state index >= 15 is 0 Å². The van der Waals surface area contributed by atoms with Crippen LogP contribution < -0.4 is 0 Å². The van der Waals surface area contributed by atoms with Crippen molar-refractivity contribution in [2.24, 2.45) is 0 Å². The molecular formula is C20H21N3O2S2. The van der Waals surface area contributed by atoms with Gasteiger partial charge in [-0.05, 0) is 36.4 Å². The Morgan fingerprint density at radius 1 is 1.26 bits per heavy atom. The lowest BCUT2D eigenvalue weighted by Gasteiger charge is -2.28. The summed E-state index contributed by atoms with van der Waals surface area (Å²) in [6.45, 7) is 0.779. The van der Waals surface area contributed by atoms with Crippen LogP contribution >= 0.6 is 23.1 Å². The molecule has 0 N–H and O–H groups in total. The fourth-order valence-electron chi connectivity index (χ4n) is 3.36. The average molecular weight is 400 g/mol. The van der Waals surface area contributed by atoms with Crippen molar-refractivity contribution >= 4 is 29.0 Å². The maximum atomic E-state index is 13.0. The SMILES string of the molecule is O=C(CSc1ccncc1)N1CCCCC[C@@H]1c1cc(-c2cccs2)on1. The van der Waals surface area contributed by atoms with E-state index in [4.69, 9.17) is 4.52 Å². The Bertz CT molecular complexity index is 865. The molecule has 1 saturated heterocycles. The van der Waals surface area contributed by atoms with E-state index in [0.717, 1.165) is 53.5 Å². The van der Waals surface area contributed by atoms with Gasteiger partial charge in [-0.25, -0.2) is 0 Å². The average Bonchev–Trinajstić information content (AvgIpc) is 3.34. The van der Waals surface area contributed by atoms with E-state index in [2.05, 4.69) is 10.1 Å². The lowest BCUT2D eigenvalue weighted by Crippen LogP contribution is -2.36. The predicted octanol–water partition coefficient (Wildman–Crippen LogP) is 5.03. The summed E-state index contributed by atoms with van der Waals surface area (Å²) in [5.41, 5.74) is 0.863. The standard InChI is InChI=1S/C20H21N3O2S2/c24-20(14-27-15-7-9-21-10-8-15)23-11-3-1-2-5-17(23)16-13-18(25-22-16)19-6-4-12-26-19/h4,6-10,12-13,17H,1-3,5,11,14H2/t17-/m1/s1. The van der Waals surface area contributed by atoms with Crippen LogP contribution in [-0.2, 0) is 4.79 Å². The van der Waals surface area contributed by atoms with Gasteiger partial charge in [0.1, 0.15) is 5.69 Å². The zero-order valence-corrected chi connectivity index (χ0v) is 16.5. The first-order valence-corrected chi connectivity index (χ1v) is 11.0. The summed E-state index contributed by atoms with van der Waals surface area (Å²) in [6, 6.07) is 9.88. The molecule has 0 radical (unpaired) electrons. The molecule has 1 amide bonds. The van der Waals surface area contributed by atoms with E-state index in [9.17, 15) is 4.79 Å². The van der Waals surface area contributed by atoms with Gasteiger partial charge in [-0.1, -0.05) is 24.1 Å². The fourth-order valence-corrected chi connectivity index (χ4v) is 4.80. The second-order valence-corrected chi connectivity index (χ2v) is 8.51. The van der Waals surface area contributed by atoms with Crippen LogP contribution in [0.2, 0.25) is 0 Å². The van der Waals surface area contributed by atoms with Crippen LogP contribution in [0.3, 0.4) is 0 Å². The second kappa shape index (κ2) is 8.71. The maximum Gasteiger partial charge on any atom is 0.233 e. The van der Waals surface area contributed by atoms with Gasteiger partial charge in [-0.15, -0.1) is 23.1 Å². The number of rotatable bonds is 5. The van der Waals surface area contributed by atoms with Crippen molar-refractivity contribution in [2.75, 3.05) is 12.3 Å². The molecule has 27 heavy (non-hydrogen) atoms. The molecule has 0 aliphatic carbocycles. The molecule has 1 fully saturated rings. The number of hydrogen-bond donors (Lipinski definition) is 0. The fraction of sp³-hybridized carbons (Fsp3) is 0.350. The highest BCUT2D eigenvalue weighted by molar-refractivity contribution is 8.00. The molecule has 0 bridgehead atoms. The molecule has 1 aliphatic rings. The number of nitrogens with zero attached hydrogens (tertiary/aromatic N) is 3. The van der Waals surface area contributed by atoms with Crippen LogP contribution in [0.1, 0.15) is 37.4 Å². The van der Waals surface area contributed by atoms with Crippen molar-refractivity contribution in [3.05, 3.63) is 53.8 Å².